The molecule has 3 unspecified atom stereocenters. The van der Waals surface area contributed by atoms with Crippen molar-refractivity contribution >= 4 is 5.91 Å². The number of carbonyl (C=O) groups excluding carboxylic acids is 1. The summed E-state index contributed by atoms with van der Waals surface area (Å²) in [6.45, 7) is 8.32. The zero-order valence-corrected chi connectivity index (χ0v) is 12.1. The second-order valence-corrected chi connectivity index (χ2v) is 5.29. The minimum absolute atomic E-state index is 0.0953. The van der Waals surface area contributed by atoms with Gasteiger partial charge in [0.15, 0.2) is 0 Å². The third kappa shape index (κ3) is 3.95. The van der Waals surface area contributed by atoms with Crippen LogP contribution in [0.25, 0.3) is 0 Å². The number of nitrogens with two attached hydrogens (primary N) is 1. The van der Waals surface area contributed by atoms with Crippen LogP contribution in [0.4, 0.5) is 0 Å². The minimum Gasteiger partial charge on any atom is -0.342 e. The molecule has 1 aliphatic rings. The average Bonchev–Trinajstić information content (AvgIpc) is 2.40. The van der Waals surface area contributed by atoms with E-state index in [1.165, 1.54) is 19.3 Å². The number of amides is 1. The fraction of sp³-hybridized carbons (Fsp3) is 0.929. The van der Waals surface area contributed by atoms with Crippen LogP contribution in [0.5, 0.6) is 0 Å². The highest BCUT2D eigenvalue weighted by Crippen LogP contribution is 2.23. The number of hydrogen-bond donors (Lipinski definition) is 2. The van der Waals surface area contributed by atoms with Crippen LogP contribution in [0.1, 0.15) is 46.5 Å². The monoisotopic (exact) mass is 255 g/mol. The molecule has 0 radical (unpaired) electrons. The molecule has 18 heavy (non-hydrogen) atoms. The summed E-state index contributed by atoms with van der Waals surface area (Å²) in [5.41, 5.74) is 5.82. The van der Waals surface area contributed by atoms with Gasteiger partial charge in [0.1, 0.15) is 0 Å². The Morgan fingerprint density at radius 3 is 2.50 bits per heavy atom. The predicted molar refractivity (Wildman–Crippen MR) is 75.3 cm³/mol. The molecule has 106 valence electrons. The van der Waals surface area contributed by atoms with Gasteiger partial charge in [0, 0.05) is 19.1 Å². The fourth-order valence-corrected chi connectivity index (χ4v) is 2.91. The number of nitrogens with zero attached hydrogens (tertiary/aromatic N) is 1. The second-order valence-electron chi connectivity index (χ2n) is 5.29. The van der Waals surface area contributed by atoms with Gasteiger partial charge in [-0.2, -0.15) is 0 Å². The summed E-state index contributed by atoms with van der Waals surface area (Å²) in [5.74, 6) is 0.743. The van der Waals surface area contributed by atoms with Crippen LogP contribution < -0.4 is 11.1 Å². The van der Waals surface area contributed by atoms with Crippen LogP contribution in [-0.2, 0) is 4.79 Å². The Bertz CT molecular complexity index is 253. The van der Waals surface area contributed by atoms with Crippen molar-refractivity contribution in [3.8, 4) is 0 Å². The lowest BCUT2D eigenvalue weighted by Gasteiger charge is -2.34. The van der Waals surface area contributed by atoms with Crippen molar-refractivity contribution in [1.82, 2.24) is 10.2 Å². The highest BCUT2D eigenvalue weighted by atomic mass is 16.2. The van der Waals surface area contributed by atoms with Crippen LogP contribution in [0.3, 0.4) is 0 Å². The summed E-state index contributed by atoms with van der Waals surface area (Å²) in [5, 5.41) is 3.50. The van der Waals surface area contributed by atoms with Crippen molar-refractivity contribution < 1.29 is 4.79 Å². The Kier molecular flexibility index (Phi) is 6.65. The summed E-state index contributed by atoms with van der Waals surface area (Å²) >= 11 is 0. The molecule has 3 N–H and O–H groups in total. The number of likely N-dealkylation sites (N-methyl/N-ethyl adjacent to an activating group) is 1. The number of hydrogen-bond acceptors (Lipinski definition) is 3. The van der Waals surface area contributed by atoms with Crippen LogP contribution in [0, 0.1) is 5.92 Å². The van der Waals surface area contributed by atoms with E-state index in [1.54, 1.807) is 0 Å². The smallest absolute Gasteiger partial charge is 0.239 e. The Balaban J connectivity index is 2.51. The lowest BCUT2D eigenvalue weighted by atomic mass is 9.84. The first kappa shape index (κ1) is 15.4. The molecule has 1 fully saturated rings. The maximum atomic E-state index is 12.2. The van der Waals surface area contributed by atoms with E-state index in [2.05, 4.69) is 5.32 Å². The third-order valence-electron chi connectivity index (χ3n) is 4.12. The number of rotatable bonds is 6. The van der Waals surface area contributed by atoms with Crippen LogP contribution in [-0.4, -0.2) is 42.5 Å². The Morgan fingerprint density at radius 2 is 1.94 bits per heavy atom. The molecule has 0 saturated heterocycles. The maximum Gasteiger partial charge on any atom is 0.239 e. The lowest BCUT2D eigenvalue weighted by molar-refractivity contribution is -0.133. The largest absolute Gasteiger partial charge is 0.342 e. The zero-order chi connectivity index (χ0) is 13.5. The molecule has 0 spiro atoms. The van der Waals surface area contributed by atoms with Crippen molar-refractivity contribution in [2.75, 3.05) is 19.6 Å². The van der Waals surface area contributed by atoms with Crippen molar-refractivity contribution in [2.24, 2.45) is 11.7 Å². The molecule has 1 aliphatic carbocycles. The minimum atomic E-state index is -0.0953. The van der Waals surface area contributed by atoms with E-state index >= 15 is 0 Å². The van der Waals surface area contributed by atoms with Crippen LogP contribution >= 0.6 is 0 Å². The first-order chi connectivity index (χ1) is 8.63. The van der Waals surface area contributed by atoms with Gasteiger partial charge in [-0.25, -0.2) is 0 Å². The molecular formula is C14H29N3O. The van der Waals surface area contributed by atoms with Crippen molar-refractivity contribution in [3.63, 3.8) is 0 Å². The standard InChI is InChI=1S/C14H29N3O/c1-4-17(5-2)14(18)11(3)16-13-9-7-6-8-12(13)10-15/h11-13,16H,4-10,15H2,1-3H3. The number of nitrogens with one attached hydrogen (secondary N) is 1. The Morgan fingerprint density at radius 1 is 1.33 bits per heavy atom. The summed E-state index contributed by atoms with van der Waals surface area (Å²) in [6, 6.07) is 0.320. The molecule has 0 aromatic carbocycles. The van der Waals surface area contributed by atoms with E-state index in [9.17, 15) is 4.79 Å². The number of carbonyl (C=O) groups is 1. The maximum absolute atomic E-state index is 12.2. The molecule has 0 aromatic heterocycles. The summed E-state index contributed by atoms with van der Waals surface area (Å²) in [7, 11) is 0. The highest BCUT2D eigenvalue weighted by molar-refractivity contribution is 5.81. The molecule has 4 nitrogen and oxygen atoms in total. The normalized spacial score (nSPS) is 25.8. The predicted octanol–water partition coefficient (Wildman–Crippen LogP) is 1.35. The van der Waals surface area contributed by atoms with E-state index in [0.29, 0.717) is 12.0 Å². The molecular weight excluding hydrogens is 226 g/mol. The van der Waals surface area contributed by atoms with Gasteiger partial charge < -0.3 is 16.0 Å². The Labute approximate surface area is 111 Å². The van der Waals surface area contributed by atoms with E-state index in [-0.39, 0.29) is 11.9 Å². The Hall–Kier alpha value is -0.610. The fourth-order valence-electron chi connectivity index (χ4n) is 2.91. The van der Waals surface area contributed by atoms with Gasteiger partial charge in [-0.1, -0.05) is 12.8 Å². The van der Waals surface area contributed by atoms with Gasteiger partial charge in [-0.3, -0.25) is 4.79 Å². The average molecular weight is 255 g/mol. The summed E-state index contributed by atoms with van der Waals surface area (Å²) in [4.78, 5) is 14.1. The molecule has 1 amide bonds. The molecule has 0 bridgehead atoms. The summed E-state index contributed by atoms with van der Waals surface area (Å²) in [6.07, 6.45) is 4.87. The molecule has 1 rings (SSSR count). The summed E-state index contributed by atoms with van der Waals surface area (Å²) < 4.78 is 0. The van der Waals surface area contributed by atoms with Crippen molar-refractivity contribution in [1.29, 1.82) is 0 Å². The molecule has 4 heteroatoms. The van der Waals surface area contributed by atoms with Crippen molar-refractivity contribution in [2.45, 2.75) is 58.5 Å². The van der Waals surface area contributed by atoms with Gasteiger partial charge in [0.25, 0.3) is 0 Å². The first-order valence-electron chi connectivity index (χ1n) is 7.38. The van der Waals surface area contributed by atoms with Gasteiger partial charge in [-0.05, 0) is 46.1 Å². The topological polar surface area (TPSA) is 58.4 Å². The highest BCUT2D eigenvalue weighted by Gasteiger charge is 2.27. The van der Waals surface area contributed by atoms with Crippen molar-refractivity contribution in [3.05, 3.63) is 0 Å². The van der Waals surface area contributed by atoms with Crippen LogP contribution in [0.15, 0.2) is 0 Å². The first-order valence-corrected chi connectivity index (χ1v) is 7.38. The van der Waals surface area contributed by atoms with Gasteiger partial charge in [0.2, 0.25) is 5.91 Å². The SMILES string of the molecule is CCN(CC)C(=O)C(C)NC1CCCCC1CN. The van der Waals surface area contributed by atoms with Crippen LogP contribution in [0.2, 0.25) is 0 Å². The molecule has 0 heterocycles. The van der Waals surface area contributed by atoms with E-state index in [1.807, 2.05) is 25.7 Å². The molecule has 0 aromatic rings. The lowest BCUT2D eigenvalue weighted by Crippen LogP contribution is -2.52. The van der Waals surface area contributed by atoms with E-state index < -0.39 is 0 Å². The van der Waals surface area contributed by atoms with E-state index in [4.69, 9.17) is 5.73 Å². The van der Waals surface area contributed by atoms with Gasteiger partial charge in [-0.15, -0.1) is 0 Å². The second kappa shape index (κ2) is 7.74. The van der Waals surface area contributed by atoms with E-state index in [0.717, 1.165) is 26.1 Å². The molecule has 1 saturated carbocycles. The van der Waals surface area contributed by atoms with Gasteiger partial charge in [0.05, 0.1) is 6.04 Å². The van der Waals surface area contributed by atoms with Gasteiger partial charge >= 0.3 is 0 Å². The molecule has 3 atom stereocenters. The third-order valence-corrected chi connectivity index (χ3v) is 4.12. The zero-order valence-electron chi connectivity index (χ0n) is 12.1. The molecule has 0 aliphatic heterocycles. The quantitative estimate of drug-likeness (QED) is 0.753.